The van der Waals surface area contributed by atoms with Gasteiger partial charge in [-0.2, -0.15) is 0 Å². The summed E-state index contributed by atoms with van der Waals surface area (Å²) >= 11 is 0. The van der Waals surface area contributed by atoms with E-state index in [1.54, 1.807) is 6.92 Å². The van der Waals surface area contributed by atoms with Crippen LogP contribution in [0, 0.1) is 5.92 Å². The van der Waals surface area contributed by atoms with Gasteiger partial charge in [-0.3, -0.25) is 9.59 Å². The van der Waals surface area contributed by atoms with Crippen LogP contribution in [0.5, 0.6) is 0 Å². The zero-order valence-corrected chi connectivity index (χ0v) is 9.53. The number of aliphatic hydroxyl groups is 1. The van der Waals surface area contributed by atoms with Crippen LogP contribution >= 0.6 is 0 Å². The average Bonchev–Trinajstić information content (AvgIpc) is 2.66. The van der Waals surface area contributed by atoms with Crippen molar-refractivity contribution in [2.75, 3.05) is 19.6 Å². The van der Waals surface area contributed by atoms with Gasteiger partial charge in [0.15, 0.2) is 0 Å². The Hall–Kier alpha value is -1.24. The summed E-state index contributed by atoms with van der Waals surface area (Å²) in [6.45, 7) is 2.15. The Morgan fingerprint density at radius 1 is 1.65 bits per heavy atom. The maximum absolute atomic E-state index is 12.0. The van der Waals surface area contributed by atoms with Crippen LogP contribution in [0.4, 0.5) is 8.78 Å². The van der Waals surface area contributed by atoms with Gasteiger partial charge in [0.05, 0.1) is 5.92 Å². The molecule has 0 saturated carbocycles. The second-order valence-electron chi connectivity index (χ2n) is 3.98. The van der Waals surface area contributed by atoms with Crippen molar-refractivity contribution in [1.82, 2.24) is 10.2 Å². The topological polar surface area (TPSA) is 69.6 Å². The first-order chi connectivity index (χ1) is 7.95. The molecule has 2 N–H and O–H groups in total. The van der Waals surface area contributed by atoms with Crippen molar-refractivity contribution in [2.45, 2.75) is 25.9 Å². The molecule has 1 fully saturated rings. The SMILES string of the molecule is CCN1CC(C(=O)NCC(O)C(F)F)CC1=O. The number of alkyl halides is 2. The fourth-order valence-corrected chi connectivity index (χ4v) is 1.69. The van der Waals surface area contributed by atoms with Crippen molar-refractivity contribution in [3.8, 4) is 0 Å². The monoisotopic (exact) mass is 250 g/mol. The number of hydrogen-bond acceptors (Lipinski definition) is 3. The van der Waals surface area contributed by atoms with Gasteiger partial charge < -0.3 is 15.3 Å². The largest absolute Gasteiger partial charge is 0.385 e. The number of nitrogens with one attached hydrogen (secondary N) is 1. The number of halogens is 2. The molecule has 1 aliphatic heterocycles. The van der Waals surface area contributed by atoms with Gasteiger partial charge in [-0.1, -0.05) is 0 Å². The Bertz CT molecular complexity index is 299. The van der Waals surface area contributed by atoms with Gasteiger partial charge in [0.2, 0.25) is 11.8 Å². The molecular weight excluding hydrogens is 234 g/mol. The van der Waals surface area contributed by atoms with Gasteiger partial charge in [-0.05, 0) is 6.92 Å². The third-order valence-electron chi connectivity index (χ3n) is 2.74. The lowest BCUT2D eigenvalue weighted by molar-refractivity contribution is -0.129. The fraction of sp³-hybridized carbons (Fsp3) is 0.800. The number of hydrogen-bond donors (Lipinski definition) is 2. The van der Waals surface area contributed by atoms with Crippen LogP contribution in [0.15, 0.2) is 0 Å². The van der Waals surface area contributed by atoms with Gasteiger partial charge in [0.1, 0.15) is 6.10 Å². The number of aliphatic hydroxyl groups excluding tert-OH is 1. The van der Waals surface area contributed by atoms with E-state index in [0.29, 0.717) is 13.1 Å². The highest BCUT2D eigenvalue weighted by Crippen LogP contribution is 2.17. The Kier molecular flexibility index (Phi) is 4.80. The fourth-order valence-electron chi connectivity index (χ4n) is 1.69. The number of rotatable bonds is 5. The summed E-state index contributed by atoms with van der Waals surface area (Å²) in [5.74, 6) is -1.08. The molecule has 2 unspecified atom stereocenters. The first-order valence-electron chi connectivity index (χ1n) is 5.47. The highest BCUT2D eigenvalue weighted by molar-refractivity contribution is 5.89. The molecule has 17 heavy (non-hydrogen) atoms. The molecule has 0 aromatic rings. The van der Waals surface area contributed by atoms with Gasteiger partial charge >= 0.3 is 0 Å². The van der Waals surface area contributed by atoms with E-state index in [0.717, 1.165) is 0 Å². The number of nitrogens with zero attached hydrogens (tertiary/aromatic N) is 1. The van der Waals surface area contributed by atoms with E-state index in [-0.39, 0.29) is 12.3 Å². The molecule has 0 aromatic carbocycles. The first kappa shape index (κ1) is 13.8. The van der Waals surface area contributed by atoms with E-state index in [4.69, 9.17) is 5.11 Å². The lowest BCUT2D eigenvalue weighted by atomic mass is 10.1. The standard InChI is InChI=1S/C10H16F2N2O3/c1-2-14-5-6(3-8(14)16)10(17)13-4-7(15)9(11)12/h6-7,9,15H,2-5H2,1H3,(H,13,17). The molecule has 1 aliphatic rings. The summed E-state index contributed by atoms with van der Waals surface area (Å²) in [6.07, 6.45) is -4.64. The van der Waals surface area contributed by atoms with E-state index in [1.807, 2.05) is 0 Å². The molecule has 0 bridgehead atoms. The minimum atomic E-state index is -2.88. The summed E-state index contributed by atoms with van der Waals surface area (Å²) in [5, 5.41) is 11.0. The van der Waals surface area contributed by atoms with Crippen LogP contribution in [-0.2, 0) is 9.59 Å². The van der Waals surface area contributed by atoms with Crippen LogP contribution in [0.25, 0.3) is 0 Å². The molecule has 0 aliphatic carbocycles. The van der Waals surface area contributed by atoms with Crippen LogP contribution < -0.4 is 5.32 Å². The van der Waals surface area contributed by atoms with Crippen LogP contribution in [0.2, 0.25) is 0 Å². The quantitative estimate of drug-likeness (QED) is 0.697. The summed E-state index contributed by atoms with van der Waals surface area (Å²) < 4.78 is 23.9. The number of carbonyl (C=O) groups excluding carboxylic acids is 2. The van der Waals surface area contributed by atoms with Crippen molar-refractivity contribution in [3.05, 3.63) is 0 Å². The molecule has 0 radical (unpaired) electrons. The van der Waals surface area contributed by atoms with Crippen LogP contribution in [0.3, 0.4) is 0 Å². The normalized spacial score (nSPS) is 22.1. The molecule has 0 spiro atoms. The smallest absolute Gasteiger partial charge is 0.265 e. The number of amides is 2. The molecule has 1 saturated heterocycles. The maximum atomic E-state index is 12.0. The average molecular weight is 250 g/mol. The van der Waals surface area contributed by atoms with E-state index in [9.17, 15) is 18.4 Å². The van der Waals surface area contributed by atoms with Crippen molar-refractivity contribution in [3.63, 3.8) is 0 Å². The van der Waals surface area contributed by atoms with Gasteiger partial charge in [0.25, 0.3) is 6.43 Å². The number of likely N-dealkylation sites (tertiary alicyclic amines) is 1. The second-order valence-corrected chi connectivity index (χ2v) is 3.98. The molecule has 2 atom stereocenters. The summed E-state index contributed by atoms with van der Waals surface area (Å²) in [7, 11) is 0. The molecular formula is C10H16F2N2O3. The zero-order valence-electron chi connectivity index (χ0n) is 9.53. The third-order valence-corrected chi connectivity index (χ3v) is 2.74. The lowest BCUT2D eigenvalue weighted by Crippen LogP contribution is -2.39. The van der Waals surface area contributed by atoms with Crippen molar-refractivity contribution in [2.24, 2.45) is 5.92 Å². The predicted octanol–water partition coefficient (Wildman–Crippen LogP) is -0.403. The summed E-state index contributed by atoms with van der Waals surface area (Å²) in [5.41, 5.74) is 0. The highest BCUT2D eigenvalue weighted by Gasteiger charge is 2.33. The lowest BCUT2D eigenvalue weighted by Gasteiger charge is -2.15. The molecule has 98 valence electrons. The van der Waals surface area contributed by atoms with E-state index >= 15 is 0 Å². The molecule has 1 rings (SSSR count). The van der Waals surface area contributed by atoms with Gasteiger partial charge in [-0.15, -0.1) is 0 Å². The number of carbonyl (C=O) groups is 2. The zero-order chi connectivity index (χ0) is 13.0. The van der Waals surface area contributed by atoms with Crippen LogP contribution in [0.1, 0.15) is 13.3 Å². The summed E-state index contributed by atoms with van der Waals surface area (Å²) in [4.78, 5) is 24.4. The third kappa shape index (κ3) is 3.62. The Morgan fingerprint density at radius 2 is 2.29 bits per heavy atom. The van der Waals surface area contributed by atoms with E-state index in [1.165, 1.54) is 4.90 Å². The molecule has 1 heterocycles. The van der Waals surface area contributed by atoms with E-state index in [2.05, 4.69) is 5.32 Å². The minimum absolute atomic E-state index is 0.102. The minimum Gasteiger partial charge on any atom is -0.385 e. The first-order valence-corrected chi connectivity index (χ1v) is 5.47. The highest BCUT2D eigenvalue weighted by atomic mass is 19.3. The Labute approximate surface area is 97.8 Å². The Morgan fingerprint density at radius 3 is 2.76 bits per heavy atom. The molecule has 2 amide bonds. The van der Waals surface area contributed by atoms with Gasteiger partial charge in [0, 0.05) is 26.1 Å². The van der Waals surface area contributed by atoms with Gasteiger partial charge in [-0.25, -0.2) is 8.78 Å². The van der Waals surface area contributed by atoms with Crippen molar-refractivity contribution >= 4 is 11.8 Å². The Balaban J connectivity index is 2.37. The molecule has 0 aromatic heterocycles. The molecule has 5 nitrogen and oxygen atoms in total. The summed E-state index contributed by atoms with van der Waals surface area (Å²) in [6, 6.07) is 0. The predicted molar refractivity (Wildman–Crippen MR) is 55.4 cm³/mol. The van der Waals surface area contributed by atoms with Crippen molar-refractivity contribution in [1.29, 1.82) is 0 Å². The second kappa shape index (κ2) is 5.90. The van der Waals surface area contributed by atoms with Crippen LogP contribution in [-0.4, -0.2) is 54.0 Å². The maximum Gasteiger partial charge on any atom is 0.265 e. The molecule has 7 heteroatoms. The van der Waals surface area contributed by atoms with E-state index < -0.39 is 30.9 Å². The van der Waals surface area contributed by atoms with Crippen molar-refractivity contribution < 1.29 is 23.5 Å².